The number of nitrogens with zero attached hydrogens (tertiary/aromatic N) is 3. The van der Waals surface area contributed by atoms with Crippen molar-refractivity contribution in [1.82, 2.24) is 15.2 Å². The van der Waals surface area contributed by atoms with Gasteiger partial charge in [-0.05, 0) is 43.2 Å². The second-order valence-electron chi connectivity index (χ2n) is 5.70. The molecule has 0 aliphatic rings. The molecular weight excluding hydrogens is 330 g/mol. The quantitative estimate of drug-likeness (QED) is 0.678. The number of methoxy groups -OCH3 is 1. The number of nitrogens with one attached hydrogen (secondary N) is 2. The highest BCUT2D eigenvalue weighted by molar-refractivity contribution is 5.96. The average Bonchev–Trinajstić information content (AvgIpc) is 2.66. The van der Waals surface area contributed by atoms with Gasteiger partial charge in [0.15, 0.2) is 5.82 Å². The van der Waals surface area contributed by atoms with Gasteiger partial charge in [-0.2, -0.15) is 10.1 Å². The van der Waals surface area contributed by atoms with Gasteiger partial charge < -0.3 is 15.4 Å². The molecule has 0 spiro atoms. The minimum Gasteiger partial charge on any atom is -0.465 e. The Bertz CT molecular complexity index is 943. The number of anilines is 4. The molecule has 3 rings (SSSR count). The third-order valence-corrected chi connectivity index (χ3v) is 4.01. The first-order valence-corrected chi connectivity index (χ1v) is 8.06. The predicted molar refractivity (Wildman–Crippen MR) is 100 cm³/mol. The summed E-state index contributed by atoms with van der Waals surface area (Å²) in [6.45, 7) is 4.07. The number of esters is 1. The number of aromatic nitrogens is 3. The van der Waals surface area contributed by atoms with E-state index in [9.17, 15) is 4.79 Å². The summed E-state index contributed by atoms with van der Waals surface area (Å²) in [5.74, 6) is 0.396. The number of carbonyl (C=O) groups excluding carboxylic acids is 1. The molecule has 2 N–H and O–H groups in total. The lowest BCUT2D eigenvalue weighted by Gasteiger charge is -2.12. The van der Waals surface area contributed by atoms with Crippen LogP contribution in [0.5, 0.6) is 0 Å². The molecule has 0 amide bonds. The van der Waals surface area contributed by atoms with Crippen molar-refractivity contribution in [2.24, 2.45) is 0 Å². The van der Waals surface area contributed by atoms with Crippen LogP contribution >= 0.6 is 0 Å². The monoisotopic (exact) mass is 349 g/mol. The molecule has 7 heteroatoms. The van der Waals surface area contributed by atoms with Crippen LogP contribution in [0, 0.1) is 13.8 Å². The Morgan fingerprint density at radius 3 is 2.58 bits per heavy atom. The summed E-state index contributed by atoms with van der Waals surface area (Å²) in [6, 6.07) is 13.0. The minimum absolute atomic E-state index is 0.360. The molecule has 2 aromatic carbocycles. The van der Waals surface area contributed by atoms with Crippen LogP contribution in [0.15, 0.2) is 48.7 Å². The number of ether oxygens (including phenoxy) is 1. The molecule has 0 saturated carbocycles. The molecule has 0 radical (unpaired) electrons. The van der Waals surface area contributed by atoms with Crippen LogP contribution in [-0.4, -0.2) is 28.3 Å². The van der Waals surface area contributed by atoms with Crippen molar-refractivity contribution in [3.63, 3.8) is 0 Å². The molecule has 0 atom stereocenters. The predicted octanol–water partition coefficient (Wildman–Crippen LogP) is 3.76. The van der Waals surface area contributed by atoms with Crippen LogP contribution in [0.25, 0.3) is 0 Å². The van der Waals surface area contributed by atoms with Gasteiger partial charge in [-0.25, -0.2) is 4.79 Å². The first-order chi connectivity index (χ1) is 12.6. The molecule has 132 valence electrons. The van der Waals surface area contributed by atoms with Crippen molar-refractivity contribution in [1.29, 1.82) is 0 Å². The van der Waals surface area contributed by atoms with Gasteiger partial charge in [0.2, 0.25) is 5.95 Å². The van der Waals surface area contributed by atoms with Crippen LogP contribution < -0.4 is 10.6 Å². The summed E-state index contributed by atoms with van der Waals surface area (Å²) >= 11 is 0. The molecule has 0 fully saturated rings. The topological polar surface area (TPSA) is 89.0 Å². The van der Waals surface area contributed by atoms with E-state index in [1.54, 1.807) is 18.2 Å². The minimum atomic E-state index is -0.427. The van der Waals surface area contributed by atoms with Gasteiger partial charge in [-0.3, -0.25) is 0 Å². The van der Waals surface area contributed by atoms with Crippen molar-refractivity contribution in [2.75, 3.05) is 17.7 Å². The van der Waals surface area contributed by atoms with Gasteiger partial charge in [0.05, 0.1) is 24.6 Å². The summed E-state index contributed by atoms with van der Waals surface area (Å²) in [7, 11) is 1.34. The Morgan fingerprint density at radius 2 is 1.77 bits per heavy atom. The maximum absolute atomic E-state index is 11.9. The largest absolute Gasteiger partial charge is 0.465 e. The molecule has 1 heterocycles. The van der Waals surface area contributed by atoms with Crippen molar-refractivity contribution >= 4 is 29.1 Å². The lowest BCUT2D eigenvalue weighted by atomic mass is 10.1. The normalized spacial score (nSPS) is 10.3. The lowest BCUT2D eigenvalue weighted by Crippen LogP contribution is -2.07. The fourth-order valence-corrected chi connectivity index (χ4v) is 2.44. The van der Waals surface area contributed by atoms with E-state index in [0.717, 1.165) is 11.3 Å². The second-order valence-corrected chi connectivity index (χ2v) is 5.70. The Balaban J connectivity index is 1.85. The number of rotatable bonds is 5. The summed E-state index contributed by atoms with van der Waals surface area (Å²) in [4.78, 5) is 16.3. The highest BCUT2D eigenvalue weighted by Gasteiger charge is 2.12. The summed E-state index contributed by atoms with van der Waals surface area (Å²) in [5.41, 5.74) is 4.20. The van der Waals surface area contributed by atoms with E-state index in [0.29, 0.717) is 23.0 Å². The first-order valence-electron chi connectivity index (χ1n) is 8.06. The van der Waals surface area contributed by atoms with Gasteiger partial charge >= 0.3 is 5.97 Å². The van der Waals surface area contributed by atoms with Crippen LogP contribution in [-0.2, 0) is 4.74 Å². The fraction of sp³-hybridized carbons (Fsp3) is 0.158. The molecular formula is C19H19N5O2. The molecule has 0 aliphatic carbocycles. The second kappa shape index (κ2) is 7.60. The number of aryl methyl sites for hydroxylation is 1. The zero-order valence-electron chi connectivity index (χ0n) is 14.8. The summed E-state index contributed by atoms with van der Waals surface area (Å²) in [6.07, 6.45) is 1.49. The van der Waals surface area contributed by atoms with Crippen molar-refractivity contribution in [3.8, 4) is 0 Å². The molecule has 7 nitrogen and oxygen atoms in total. The number of carbonyl (C=O) groups is 1. The lowest BCUT2D eigenvalue weighted by molar-refractivity contribution is 0.0602. The zero-order chi connectivity index (χ0) is 18.5. The number of hydrogen-bond donors (Lipinski definition) is 2. The van der Waals surface area contributed by atoms with Crippen molar-refractivity contribution in [3.05, 3.63) is 65.4 Å². The van der Waals surface area contributed by atoms with Crippen LogP contribution in [0.2, 0.25) is 0 Å². The maximum Gasteiger partial charge on any atom is 0.339 e. The van der Waals surface area contributed by atoms with Crippen molar-refractivity contribution < 1.29 is 9.53 Å². The number of benzene rings is 2. The molecule has 0 bridgehead atoms. The smallest absolute Gasteiger partial charge is 0.339 e. The molecule has 3 aromatic rings. The van der Waals surface area contributed by atoms with Gasteiger partial charge in [0.25, 0.3) is 0 Å². The third kappa shape index (κ3) is 3.77. The summed E-state index contributed by atoms with van der Waals surface area (Å²) in [5, 5.41) is 14.2. The summed E-state index contributed by atoms with van der Waals surface area (Å²) < 4.78 is 4.80. The van der Waals surface area contributed by atoms with Gasteiger partial charge in [0.1, 0.15) is 0 Å². The van der Waals surface area contributed by atoms with E-state index >= 15 is 0 Å². The average molecular weight is 349 g/mol. The Kier molecular flexibility index (Phi) is 5.07. The van der Waals surface area contributed by atoms with Crippen LogP contribution in [0.4, 0.5) is 23.1 Å². The van der Waals surface area contributed by atoms with Gasteiger partial charge in [-0.1, -0.05) is 24.3 Å². The zero-order valence-corrected chi connectivity index (χ0v) is 14.8. The maximum atomic E-state index is 11.9. The SMILES string of the molecule is COC(=O)c1ccccc1Nc1cnnc(Nc2cccc(C)c2C)n1. The molecule has 0 aliphatic heterocycles. The number of hydrogen-bond acceptors (Lipinski definition) is 7. The standard InChI is InChI=1S/C19H19N5O2/c1-12-7-6-10-15(13(12)2)22-19-23-17(11-20-24-19)21-16-9-5-4-8-14(16)18(25)26-3/h4-11H,1-3H3,(H2,21,22,23,24). The molecule has 0 saturated heterocycles. The Morgan fingerprint density at radius 1 is 1.00 bits per heavy atom. The van der Waals surface area contributed by atoms with E-state index in [4.69, 9.17) is 4.74 Å². The van der Waals surface area contributed by atoms with Gasteiger partial charge in [-0.15, -0.1) is 5.10 Å². The molecule has 1 aromatic heterocycles. The van der Waals surface area contributed by atoms with Crippen molar-refractivity contribution in [2.45, 2.75) is 13.8 Å². The van der Waals surface area contributed by atoms with E-state index < -0.39 is 5.97 Å². The van der Waals surface area contributed by atoms with E-state index in [-0.39, 0.29) is 0 Å². The van der Waals surface area contributed by atoms with Crippen LogP contribution in [0.3, 0.4) is 0 Å². The Hall–Kier alpha value is -3.48. The molecule has 0 unspecified atom stereocenters. The highest BCUT2D eigenvalue weighted by atomic mass is 16.5. The highest BCUT2D eigenvalue weighted by Crippen LogP contribution is 2.23. The van der Waals surface area contributed by atoms with E-state index in [1.165, 1.54) is 18.9 Å². The van der Waals surface area contributed by atoms with E-state index in [2.05, 4.69) is 25.8 Å². The van der Waals surface area contributed by atoms with Crippen LogP contribution in [0.1, 0.15) is 21.5 Å². The fourth-order valence-electron chi connectivity index (χ4n) is 2.44. The third-order valence-electron chi connectivity index (χ3n) is 4.01. The number of para-hydroxylation sites is 1. The Labute approximate surface area is 151 Å². The molecule has 26 heavy (non-hydrogen) atoms. The first kappa shape index (κ1) is 17.3. The van der Waals surface area contributed by atoms with Gasteiger partial charge in [0, 0.05) is 5.69 Å². The van der Waals surface area contributed by atoms with E-state index in [1.807, 2.05) is 38.1 Å².